The minimum absolute atomic E-state index is 0. The molecule has 6 aliphatic carbocycles. The van der Waals surface area contributed by atoms with Crippen molar-refractivity contribution in [1.82, 2.24) is 20.6 Å². The third-order valence-corrected chi connectivity index (χ3v) is 22.1. The summed E-state index contributed by atoms with van der Waals surface area (Å²) >= 11 is 0. The zero-order valence-electron chi connectivity index (χ0n) is 62.8. The second-order valence-electron chi connectivity index (χ2n) is 31.6. The predicted octanol–water partition coefficient (Wildman–Crippen LogP) is 20.8. The van der Waals surface area contributed by atoms with E-state index in [9.17, 15) is 24.4 Å². The molecule has 2 spiro atoms. The first-order chi connectivity index (χ1) is 50.6. The molecular formula is C89H107ClN8O8. The van der Waals surface area contributed by atoms with Gasteiger partial charge in [0, 0.05) is 78.3 Å². The first-order valence-electron chi connectivity index (χ1n) is 38.0. The third-order valence-electron chi connectivity index (χ3n) is 22.1. The highest BCUT2D eigenvalue weighted by Gasteiger charge is 2.50. The number of alkyl carbamates (subject to hydrolysis) is 2. The number of carbonyl (C=O) groups excluding carboxylic acids is 4. The number of nitrogens with two attached hydrogens (primary N) is 1. The summed E-state index contributed by atoms with van der Waals surface area (Å²) in [5.74, 6) is 0.723. The summed E-state index contributed by atoms with van der Waals surface area (Å²) in [4.78, 5) is 62.8. The fourth-order valence-electron chi connectivity index (χ4n) is 17.3. The number of allylic oxidation sites excluding steroid dienone is 4. The Bertz CT molecular complexity index is 4190. The van der Waals surface area contributed by atoms with Crippen LogP contribution < -0.4 is 16.4 Å². The van der Waals surface area contributed by atoms with Crippen LogP contribution in [0, 0.1) is 24.5 Å². The Morgan fingerprint density at radius 1 is 0.585 bits per heavy atom. The van der Waals surface area contributed by atoms with Gasteiger partial charge in [0.15, 0.2) is 18.2 Å². The molecule has 6 aromatic rings. The normalized spacial score (nSPS) is 23.9. The number of fused-ring (bicyclic) bond motifs is 4. The highest BCUT2D eigenvalue weighted by molar-refractivity contribution is 5.99. The predicted molar refractivity (Wildman–Crippen MR) is 420 cm³/mol. The van der Waals surface area contributed by atoms with Gasteiger partial charge in [0.1, 0.15) is 17.5 Å². The molecular weight excluding hydrogens is 1340 g/mol. The number of ketones is 1. The highest BCUT2D eigenvalue weighted by atomic mass is 35.5. The molecule has 106 heavy (non-hydrogen) atoms. The van der Waals surface area contributed by atoms with Crippen molar-refractivity contribution in [2.75, 3.05) is 13.2 Å². The number of nitrogens with zero attached hydrogens (tertiary/aromatic N) is 5. The van der Waals surface area contributed by atoms with Gasteiger partial charge in [0.2, 0.25) is 0 Å². The van der Waals surface area contributed by atoms with E-state index >= 15 is 0 Å². The lowest BCUT2D eigenvalue weighted by molar-refractivity contribution is -0.118. The Hall–Kier alpha value is -9.08. The zero-order valence-corrected chi connectivity index (χ0v) is 63.7. The first kappa shape index (κ1) is 81.0. The van der Waals surface area contributed by atoms with E-state index in [0.29, 0.717) is 30.7 Å². The fraction of sp³-hybridized carbons (Fsp3) is 0.472. The topological polar surface area (TPSA) is 214 Å². The average Bonchev–Trinajstić information content (AvgIpc) is 1.36. The molecule has 2 aliphatic heterocycles. The summed E-state index contributed by atoms with van der Waals surface area (Å²) in [7, 11) is 0. The number of hydrogen-bond donors (Lipinski definition) is 3. The number of nitrogens with one attached hydrogen (secondary N) is 2. The van der Waals surface area contributed by atoms with E-state index in [1.54, 1.807) is 24.5 Å². The summed E-state index contributed by atoms with van der Waals surface area (Å²) in [6, 6.07) is 46.7. The van der Waals surface area contributed by atoms with Gasteiger partial charge in [-0.2, -0.15) is 5.26 Å². The minimum atomic E-state index is -0.520. The van der Waals surface area contributed by atoms with Crippen LogP contribution in [0.4, 0.5) is 9.59 Å². The minimum Gasteiger partial charge on any atom is -0.444 e. The molecule has 14 rings (SSSR count). The standard InChI is InChI=1S/C29H34N2O.C17H20N2O2.C16H21NO2.C15H19NO3.C12H12N2.ClH/c30-19-14-24-13-12-23(25-9-1-2-10-26(24)25)8-7-15-28(27-11-3-6-20-31-27)18-21-32-29(22-28)16-4-5-17-29;1-17(2,3)21-16(20)19-15-10-9-12(11-18-4)13-7-5-6-8-14(13)15;18-11-8-15(14-5-1-4-10-17-14)9-12-19-16(13-15)6-2-3-7-16;1-15(2,3)19-14(18)16-12-8-9-13(17)11-7-5-4-6-10(11)12;1-14-8-9-6-7-12(13)11-5-3-2-4-10(9)11;/h1-3,6,9-11,14,20,23H,4-5,7-8,12-13,15-18,21-22H2;5-8,11,15H,9-10H2,1-3H3,(H,19,20);1,4-5,10-11H,2-3,6-9,12-13H2;4-7,12H,8-9H2,1-3H3,(H,16,18);2-5,8,12H,6-7,13H2;1H/b24-14+;12-11+;;;9-8+;/t23-,28+;2*15-;2*12-;/m00100./s1. The Morgan fingerprint density at radius 2 is 1.02 bits per heavy atom. The van der Waals surface area contributed by atoms with Crippen LogP contribution in [0.15, 0.2) is 164 Å². The van der Waals surface area contributed by atoms with E-state index in [-0.39, 0.29) is 58.3 Å². The maximum atomic E-state index is 11.9. The molecule has 4 fully saturated rings. The molecule has 0 radical (unpaired) electrons. The molecule has 2 amide bonds. The first-order valence-corrected chi connectivity index (χ1v) is 38.0. The van der Waals surface area contributed by atoms with Gasteiger partial charge in [-0.05, 0) is 237 Å². The van der Waals surface area contributed by atoms with Crippen LogP contribution in [0.3, 0.4) is 0 Å². The van der Waals surface area contributed by atoms with E-state index in [1.807, 2.05) is 133 Å². The maximum Gasteiger partial charge on any atom is 0.408 e. The van der Waals surface area contributed by atoms with Crippen molar-refractivity contribution in [2.24, 2.45) is 5.73 Å². The highest BCUT2D eigenvalue weighted by Crippen LogP contribution is 2.53. The Kier molecular flexibility index (Phi) is 28.6. The van der Waals surface area contributed by atoms with Gasteiger partial charge in [-0.25, -0.2) is 19.3 Å². The Labute approximate surface area is 634 Å². The number of benzene rings is 4. The lowest BCUT2D eigenvalue weighted by Gasteiger charge is -2.46. The number of rotatable bonds is 10. The van der Waals surface area contributed by atoms with Crippen molar-refractivity contribution in [2.45, 2.75) is 253 Å². The second kappa shape index (κ2) is 37.4. The van der Waals surface area contributed by atoms with Crippen molar-refractivity contribution in [3.63, 3.8) is 0 Å². The molecule has 8 aliphatic rings. The van der Waals surface area contributed by atoms with E-state index in [4.69, 9.17) is 42.8 Å². The quantitative estimate of drug-likeness (QED) is 0.0664. The number of hydrogen-bond acceptors (Lipinski definition) is 12. The molecule has 17 heteroatoms. The van der Waals surface area contributed by atoms with Gasteiger partial charge in [-0.1, -0.05) is 141 Å². The smallest absolute Gasteiger partial charge is 0.408 e. The van der Waals surface area contributed by atoms with E-state index in [2.05, 4.69) is 79.9 Å². The number of halogens is 1. The number of aldehydes is 1. The van der Waals surface area contributed by atoms with Crippen LogP contribution in [-0.2, 0) is 34.6 Å². The van der Waals surface area contributed by atoms with Gasteiger partial charge in [0.25, 0.3) is 0 Å². The maximum absolute atomic E-state index is 11.9. The molecule has 2 saturated carbocycles. The monoisotopic (exact) mass is 1450 g/mol. The van der Waals surface area contributed by atoms with Crippen molar-refractivity contribution >= 4 is 53.4 Å². The fourth-order valence-corrected chi connectivity index (χ4v) is 17.3. The molecule has 2 aromatic heterocycles. The average molecular weight is 1450 g/mol. The second-order valence-corrected chi connectivity index (χ2v) is 31.6. The summed E-state index contributed by atoms with van der Waals surface area (Å²) in [5.41, 5.74) is 19.5. The summed E-state index contributed by atoms with van der Waals surface area (Å²) in [5, 5.41) is 14.9. The summed E-state index contributed by atoms with van der Waals surface area (Å²) in [6.07, 6.45) is 33.6. The molecule has 558 valence electrons. The van der Waals surface area contributed by atoms with Crippen LogP contribution in [0.25, 0.3) is 26.4 Å². The van der Waals surface area contributed by atoms with Crippen LogP contribution in [0.2, 0.25) is 0 Å². The molecule has 4 N–H and O–H groups in total. The van der Waals surface area contributed by atoms with Crippen LogP contribution in [0.1, 0.15) is 280 Å². The van der Waals surface area contributed by atoms with Gasteiger partial charge in [-0.3, -0.25) is 14.8 Å². The van der Waals surface area contributed by atoms with Gasteiger partial charge in [0.05, 0.1) is 42.5 Å². The lowest BCUT2D eigenvalue weighted by Crippen LogP contribution is -2.46. The van der Waals surface area contributed by atoms with Gasteiger partial charge in [-0.15, -0.1) is 12.4 Å². The number of aromatic nitrogens is 2. The molecule has 16 nitrogen and oxygen atoms in total. The van der Waals surface area contributed by atoms with Crippen LogP contribution in [0.5, 0.6) is 0 Å². The Morgan fingerprint density at radius 3 is 1.53 bits per heavy atom. The molecule has 6 atom stereocenters. The van der Waals surface area contributed by atoms with E-state index < -0.39 is 23.4 Å². The third kappa shape index (κ3) is 21.2. The number of carbonyl (C=O) groups is 4. The van der Waals surface area contributed by atoms with Crippen LogP contribution in [-0.4, -0.2) is 69.8 Å². The lowest BCUT2D eigenvalue weighted by atomic mass is 9.66. The number of Topliss-reactive ketones (excluding diaryl/α,β-unsaturated/α-hetero) is 1. The molecule has 4 heterocycles. The number of amides is 2. The zero-order chi connectivity index (χ0) is 74.5. The molecule has 0 bridgehead atoms. The van der Waals surface area contributed by atoms with Crippen LogP contribution >= 0.6 is 12.4 Å². The SMILES string of the molecule is CC(C)(C)OC(=O)N[C@H]1CCC(=O)c2ccccc21.Cl.N#C/C=C1\CC[C@H](CCC[C@@]2(c3ccccn3)CCOC3(CCCC3)C2)c2ccccc21.O=CC[C@@]1(c2ccccn2)CCOC2(CCCC2)C1.[C-]#[N+]/C=C1\CC[C@H](N)c2ccccc21.[C-]#[N+]/C=C1\CC[C@H](NC(=O)OC(C)(C)C)c2ccccc21. The number of pyridine rings is 2. The number of nitriles is 1. The van der Waals surface area contributed by atoms with Crippen molar-refractivity contribution in [3.8, 4) is 6.07 Å². The molecule has 4 aromatic carbocycles. The van der Waals surface area contributed by atoms with Crippen molar-refractivity contribution in [3.05, 3.63) is 243 Å². The summed E-state index contributed by atoms with van der Waals surface area (Å²) < 4.78 is 23.1. The molecule has 2 saturated heterocycles. The Balaban J connectivity index is 0.000000157. The van der Waals surface area contributed by atoms with E-state index in [1.165, 1.54) is 85.7 Å². The number of ether oxygens (including phenoxy) is 4. The largest absolute Gasteiger partial charge is 0.444 e. The van der Waals surface area contributed by atoms with Crippen molar-refractivity contribution < 1.29 is 38.1 Å². The summed E-state index contributed by atoms with van der Waals surface area (Å²) in [6.45, 7) is 26.5. The van der Waals surface area contributed by atoms with E-state index in [0.717, 1.165) is 136 Å². The molecule has 0 unspecified atom stereocenters. The van der Waals surface area contributed by atoms with Crippen molar-refractivity contribution in [1.29, 1.82) is 5.26 Å². The van der Waals surface area contributed by atoms with Gasteiger partial charge < -0.3 is 40.1 Å². The van der Waals surface area contributed by atoms with Gasteiger partial charge >= 0.3 is 12.2 Å².